The molecular formula is C14H17BrN4O. The van der Waals surface area contributed by atoms with Gasteiger partial charge in [-0.2, -0.15) is 0 Å². The standard InChI is InChI=1S/C14H17BrN4O/c1-4-16-13-8-14(18-9(2)17-13)19-12-7-10(20-3)5-6-11(12)15/h5-8H,4H2,1-3H3,(H2,16,17,18,19). The van der Waals surface area contributed by atoms with E-state index in [1.165, 1.54) is 0 Å². The summed E-state index contributed by atoms with van der Waals surface area (Å²) in [7, 11) is 1.64. The number of hydrogen-bond acceptors (Lipinski definition) is 5. The first-order chi connectivity index (χ1) is 9.62. The molecule has 0 aliphatic rings. The van der Waals surface area contributed by atoms with Gasteiger partial charge in [0.15, 0.2) is 0 Å². The lowest BCUT2D eigenvalue weighted by atomic mass is 10.3. The molecule has 0 amide bonds. The fraction of sp³-hybridized carbons (Fsp3) is 0.286. The molecule has 0 bridgehead atoms. The number of aromatic nitrogens is 2. The maximum Gasteiger partial charge on any atom is 0.136 e. The van der Waals surface area contributed by atoms with E-state index in [1.54, 1.807) is 7.11 Å². The number of aryl methyl sites for hydroxylation is 1. The molecule has 106 valence electrons. The Morgan fingerprint density at radius 2 is 1.95 bits per heavy atom. The third kappa shape index (κ3) is 3.60. The van der Waals surface area contributed by atoms with Crippen molar-refractivity contribution in [1.82, 2.24) is 9.97 Å². The predicted molar refractivity (Wildman–Crippen MR) is 84.9 cm³/mol. The van der Waals surface area contributed by atoms with E-state index >= 15 is 0 Å². The molecule has 0 radical (unpaired) electrons. The van der Waals surface area contributed by atoms with Gasteiger partial charge in [0.05, 0.1) is 12.8 Å². The lowest BCUT2D eigenvalue weighted by molar-refractivity contribution is 0.415. The van der Waals surface area contributed by atoms with E-state index in [-0.39, 0.29) is 0 Å². The zero-order valence-corrected chi connectivity index (χ0v) is 13.3. The fourth-order valence-electron chi connectivity index (χ4n) is 1.77. The lowest BCUT2D eigenvalue weighted by Crippen LogP contribution is -2.04. The van der Waals surface area contributed by atoms with Crippen molar-refractivity contribution in [2.24, 2.45) is 0 Å². The molecule has 0 fully saturated rings. The minimum atomic E-state index is 0.713. The monoisotopic (exact) mass is 336 g/mol. The van der Waals surface area contributed by atoms with Gasteiger partial charge in [-0.15, -0.1) is 0 Å². The van der Waals surface area contributed by atoms with Crippen LogP contribution in [0.15, 0.2) is 28.7 Å². The van der Waals surface area contributed by atoms with Gasteiger partial charge < -0.3 is 15.4 Å². The number of nitrogens with one attached hydrogen (secondary N) is 2. The molecule has 0 atom stereocenters. The average molecular weight is 337 g/mol. The molecule has 0 saturated heterocycles. The molecule has 2 rings (SSSR count). The molecule has 1 aromatic heterocycles. The summed E-state index contributed by atoms with van der Waals surface area (Å²) in [5.41, 5.74) is 0.893. The molecule has 0 unspecified atom stereocenters. The molecule has 0 aliphatic heterocycles. The van der Waals surface area contributed by atoms with Crippen LogP contribution >= 0.6 is 15.9 Å². The minimum Gasteiger partial charge on any atom is -0.497 e. The zero-order valence-electron chi connectivity index (χ0n) is 11.7. The normalized spacial score (nSPS) is 10.2. The third-order valence-corrected chi connectivity index (χ3v) is 3.32. The summed E-state index contributed by atoms with van der Waals surface area (Å²) in [6.07, 6.45) is 0. The Kier molecular flexibility index (Phi) is 4.79. The van der Waals surface area contributed by atoms with E-state index in [4.69, 9.17) is 4.74 Å². The van der Waals surface area contributed by atoms with Gasteiger partial charge in [-0.3, -0.25) is 0 Å². The van der Waals surface area contributed by atoms with Gasteiger partial charge in [-0.25, -0.2) is 9.97 Å². The number of halogens is 1. The molecule has 1 heterocycles. The Bertz CT molecular complexity index is 604. The summed E-state index contributed by atoms with van der Waals surface area (Å²) in [6, 6.07) is 7.61. The predicted octanol–water partition coefficient (Wildman–Crippen LogP) is 3.73. The third-order valence-electron chi connectivity index (χ3n) is 2.63. The number of methoxy groups -OCH3 is 1. The van der Waals surface area contributed by atoms with E-state index in [2.05, 4.69) is 36.5 Å². The molecule has 0 saturated carbocycles. The van der Waals surface area contributed by atoms with E-state index in [0.29, 0.717) is 5.82 Å². The van der Waals surface area contributed by atoms with Gasteiger partial charge in [0.2, 0.25) is 0 Å². The van der Waals surface area contributed by atoms with Crippen molar-refractivity contribution in [3.05, 3.63) is 34.6 Å². The molecular weight excluding hydrogens is 320 g/mol. The summed E-state index contributed by atoms with van der Waals surface area (Å²) in [5.74, 6) is 3.04. The number of ether oxygens (including phenoxy) is 1. The van der Waals surface area contributed by atoms with Crippen molar-refractivity contribution in [1.29, 1.82) is 0 Å². The topological polar surface area (TPSA) is 59.1 Å². The average Bonchev–Trinajstić information content (AvgIpc) is 2.41. The Morgan fingerprint density at radius 1 is 1.20 bits per heavy atom. The highest BCUT2D eigenvalue weighted by molar-refractivity contribution is 9.10. The summed E-state index contributed by atoms with van der Waals surface area (Å²) < 4.78 is 6.17. The van der Waals surface area contributed by atoms with Gasteiger partial charge in [0.25, 0.3) is 0 Å². The molecule has 5 nitrogen and oxygen atoms in total. The van der Waals surface area contributed by atoms with E-state index in [1.807, 2.05) is 38.1 Å². The van der Waals surface area contributed by atoms with Gasteiger partial charge in [0, 0.05) is 23.2 Å². The van der Waals surface area contributed by atoms with Gasteiger partial charge in [-0.1, -0.05) is 0 Å². The van der Waals surface area contributed by atoms with Gasteiger partial charge in [-0.05, 0) is 41.9 Å². The maximum absolute atomic E-state index is 5.23. The van der Waals surface area contributed by atoms with Crippen LogP contribution in [0.3, 0.4) is 0 Å². The quantitative estimate of drug-likeness (QED) is 0.871. The second-order valence-electron chi connectivity index (χ2n) is 4.19. The van der Waals surface area contributed by atoms with Crippen LogP contribution in [0.1, 0.15) is 12.7 Å². The molecule has 0 spiro atoms. The second kappa shape index (κ2) is 6.56. The highest BCUT2D eigenvalue weighted by Gasteiger charge is 2.06. The van der Waals surface area contributed by atoms with Crippen LogP contribution in [-0.2, 0) is 0 Å². The van der Waals surface area contributed by atoms with Crippen molar-refractivity contribution in [3.8, 4) is 5.75 Å². The van der Waals surface area contributed by atoms with Crippen LogP contribution in [0.2, 0.25) is 0 Å². The highest BCUT2D eigenvalue weighted by Crippen LogP contribution is 2.29. The number of hydrogen-bond donors (Lipinski definition) is 2. The molecule has 0 aliphatic carbocycles. The summed E-state index contributed by atoms with van der Waals surface area (Å²) in [5, 5.41) is 6.45. The zero-order chi connectivity index (χ0) is 14.5. The van der Waals surface area contributed by atoms with Crippen molar-refractivity contribution < 1.29 is 4.74 Å². The van der Waals surface area contributed by atoms with Crippen molar-refractivity contribution in [2.75, 3.05) is 24.3 Å². The number of benzene rings is 1. The SMILES string of the molecule is CCNc1cc(Nc2cc(OC)ccc2Br)nc(C)n1. The van der Waals surface area contributed by atoms with Crippen LogP contribution < -0.4 is 15.4 Å². The minimum absolute atomic E-state index is 0.713. The van der Waals surface area contributed by atoms with E-state index in [0.717, 1.165) is 34.1 Å². The van der Waals surface area contributed by atoms with E-state index < -0.39 is 0 Å². The first-order valence-corrected chi connectivity index (χ1v) is 7.11. The number of nitrogens with zero attached hydrogens (tertiary/aromatic N) is 2. The van der Waals surface area contributed by atoms with Crippen molar-refractivity contribution in [2.45, 2.75) is 13.8 Å². The molecule has 2 N–H and O–H groups in total. The van der Waals surface area contributed by atoms with Crippen LogP contribution in [0, 0.1) is 6.92 Å². The maximum atomic E-state index is 5.23. The summed E-state index contributed by atoms with van der Waals surface area (Å²) in [4.78, 5) is 8.71. The van der Waals surface area contributed by atoms with E-state index in [9.17, 15) is 0 Å². The Hall–Kier alpha value is -1.82. The molecule has 20 heavy (non-hydrogen) atoms. The smallest absolute Gasteiger partial charge is 0.136 e. The van der Waals surface area contributed by atoms with Crippen LogP contribution in [0.5, 0.6) is 5.75 Å². The van der Waals surface area contributed by atoms with Gasteiger partial charge >= 0.3 is 0 Å². The van der Waals surface area contributed by atoms with Crippen molar-refractivity contribution >= 4 is 33.3 Å². The fourth-order valence-corrected chi connectivity index (χ4v) is 2.11. The van der Waals surface area contributed by atoms with Crippen LogP contribution in [0.25, 0.3) is 0 Å². The van der Waals surface area contributed by atoms with Crippen molar-refractivity contribution in [3.63, 3.8) is 0 Å². The second-order valence-corrected chi connectivity index (χ2v) is 5.04. The Balaban J connectivity index is 2.29. The summed E-state index contributed by atoms with van der Waals surface area (Å²) >= 11 is 3.51. The Labute approximate surface area is 126 Å². The molecule has 2 aromatic rings. The van der Waals surface area contributed by atoms with Crippen LogP contribution in [0.4, 0.5) is 17.3 Å². The first kappa shape index (κ1) is 14.6. The number of anilines is 3. The largest absolute Gasteiger partial charge is 0.497 e. The Morgan fingerprint density at radius 3 is 2.65 bits per heavy atom. The first-order valence-electron chi connectivity index (χ1n) is 6.32. The lowest BCUT2D eigenvalue weighted by Gasteiger charge is -2.11. The highest BCUT2D eigenvalue weighted by atomic mass is 79.9. The van der Waals surface area contributed by atoms with Gasteiger partial charge in [0.1, 0.15) is 23.2 Å². The van der Waals surface area contributed by atoms with Crippen LogP contribution in [-0.4, -0.2) is 23.6 Å². The summed E-state index contributed by atoms with van der Waals surface area (Å²) in [6.45, 7) is 4.72. The molecule has 1 aromatic carbocycles. The number of rotatable bonds is 5. The molecule has 6 heteroatoms.